The molecule has 1 unspecified atom stereocenters. The van der Waals surface area contributed by atoms with Crippen LogP contribution in [0.1, 0.15) is 26.7 Å². The van der Waals surface area contributed by atoms with Crippen molar-refractivity contribution in [2.45, 2.75) is 44.6 Å². The highest BCUT2D eigenvalue weighted by Gasteiger charge is 2.33. The first-order chi connectivity index (χ1) is 7.57. The van der Waals surface area contributed by atoms with Gasteiger partial charge in [-0.25, -0.2) is 0 Å². The van der Waals surface area contributed by atoms with Crippen molar-refractivity contribution in [3.8, 4) is 0 Å². The van der Waals surface area contributed by atoms with Crippen LogP contribution in [0.3, 0.4) is 0 Å². The molecule has 1 amide bonds. The Morgan fingerprint density at radius 2 is 2.38 bits per heavy atom. The SMILES string of the molecule is CC1(C)OCC(CNC(=O)[C@H]2CCCN2)O1. The van der Waals surface area contributed by atoms with Crippen molar-refractivity contribution < 1.29 is 14.3 Å². The van der Waals surface area contributed by atoms with Gasteiger partial charge in [-0.05, 0) is 33.2 Å². The minimum Gasteiger partial charge on any atom is -0.352 e. The molecule has 2 N–H and O–H groups in total. The highest BCUT2D eigenvalue weighted by Crippen LogP contribution is 2.21. The summed E-state index contributed by atoms with van der Waals surface area (Å²) in [6.07, 6.45) is 1.98. The molecule has 0 spiro atoms. The van der Waals surface area contributed by atoms with Crippen LogP contribution < -0.4 is 10.6 Å². The summed E-state index contributed by atoms with van der Waals surface area (Å²) < 4.78 is 11.0. The van der Waals surface area contributed by atoms with Gasteiger partial charge < -0.3 is 20.1 Å². The van der Waals surface area contributed by atoms with Gasteiger partial charge in [0, 0.05) is 6.54 Å². The predicted octanol–water partition coefficient (Wildman–Crippen LogP) is 0.00610. The molecule has 2 rings (SSSR count). The van der Waals surface area contributed by atoms with Gasteiger partial charge in [-0.3, -0.25) is 4.79 Å². The van der Waals surface area contributed by atoms with Crippen molar-refractivity contribution in [1.29, 1.82) is 0 Å². The third kappa shape index (κ3) is 2.93. The lowest BCUT2D eigenvalue weighted by Gasteiger charge is -2.18. The standard InChI is InChI=1S/C11H20N2O3/c1-11(2)15-7-8(16-11)6-13-10(14)9-4-3-5-12-9/h8-9,12H,3-7H2,1-2H3,(H,13,14)/t8?,9-/m1/s1. The van der Waals surface area contributed by atoms with E-state index in [1.54, 1.807) is 0 Å². The summed E-state index contributed by atoms with van der Waals surface area (Å²) in [4.78, 5) is 11.7. The van der Waals surface area contributed by atoms with Crippen LogP contribution in [0.5, 0.6) is 0 Å². The average molecular weight is 228 g/mol. The van der Waals surface area contributed by atoms with E-state index in [0.717, 1.165) is 19.4 Å². The van der Waals surface area contributed by atoms with E-state index in [1.165, 1.54) is 0 Å². The highest BCUT2D eigenvalue weighted by molar-refractivity contribution is 5.82. The summed E-state index contributed by atoms with van der Waals surface area (Å²) >= 11 is 0. The second kappa shape index (κ2) is 4.69. The molecule has 0 bridgehead atoms. The van der Waals surface area contributed by atoms with Crippen LogP contribution in [-0.2, 0) is 14.3 Å². The summed E-state index contributed by atoms with van der Waals surface area (Å²) in [5.41, 5.74) is 0. The fourth-order valence-corrected chi connectivity index (χ4v) is 2.11. The summed E-state index contributed by atoms with van der Waals surface area (Å²) in [6.45, 7) is 5.78. The van der Waals surface area contributed by atoms with Gasteiger partial charge in [-0.15, -0.1) is 0 Å². The van der Waals surface area contributed by atoms with Crippen LogP contribution in [0.25, 0.3) is 0 Å². The zero-order chi connectivity index (χ0) is 11.6. The van der Waals surface area contributed by atoms with E-state index in [0.29, 0.717) is 13.2 Å². The second-order valence-corrected chi connectivity index (χ2v) is 4.84. The molecule has 2 heterocycles. The Morgan fingerprint density at radius 3 is 2.94 bits per heavy atom. The van der Waals surface area contributed by atoms with Gasteiger partial charge in [0.25, 0.3) is 0 Å². The van der Waals surface area contributed by atoms with Crippen molar-refractivity contribution in [2.24, 2.45) is 0 Å². The maximum absolute atomic E-state index is 11.7. The van der Waals surface area contributed by atoms with E-state index in [-0.39, 0.29) is 18.1 Å². The molecule has 2 saturated heterocycles. The van der Waals surface area contributed by atoms with Crippen LogP contribution in [0, 0.1) is 0 Å². The Morgan fingerprint density at radius 1 is 1.56 bits per heavy atom. The predicted molar refractivity (Wildman–Crippen MR) is 58.9 cm³/mol. The first-order valence-electron chi connectivity index (χ1n) is 5.90. The zero-order valence-corrected chi connectivity index (χ0v) is 9.91. The quantitative estimate of drug-likeness (QED) is 0.714. The molecule has 5 heteroatoms. The molecule has 2 aliphatic heterocycles. The number of ether oxygens (including phenoxy) is 2. The number of carbonyl (C=O) groups is 1. The van der Waals surface area contributed by atoms with Gasteiger partial charge in [0.1, 0.15) is 6.10 Å². The Hall–Kier alpha value is -0.650. The molecular weight excluding hydrogens is 208 g/mol. The molecule has 0 radical (unpaired) electrons. The largest absolute Gasteiger partial charge is 0.352 e. The monoisotopic (exact) mass is 228 g/mol. The molecule has 2 atom stereocenters. The van der Waals surface area contributed by atoms with Crippen molar-refractivity contribution in [2.75, 3.05) is 19.7 Å². The number of carbonyl (C=O) groups excluding carboxylic acids is 1. The Labute approximate surface area is 95.9 Å². The summed E-state index contributed by atoms with van der Waals surface area (Å²) in [5, 5.41) is 6.06. The van der Waals surface area contributed by atoms with E-state index in [9.17, 15) is 4.79 Å². The van der Waals surface area contributed by atoms with Crippen LogP contribution in [-0.4, -0.2) is 43.5 Å². The Bertz CT molecular complexity index is 262. The lowest BCUT2D eigenvalue weighted by atomic mass is 10.2. The van der Waals surface area contributed by atoms with E-state index in [4.69, 9.17) is 9.47 Å². The van der Waals surface area contributed by atoms with Gasteiger partial charge in [0.2, 0.25) is 5.91 Å². The van der Waals surface area contributed by atoms with Crippen molar-refractivity contribution in [1.82, 2.24) is 10.6 Å². The smallest absolute Gasteiger partial charge is 0.237 e. The molecule has 0 aromatic heterocycles. The topological polar surface area (TPSA) is 59.6 Å². The van der Waals surface area contributed by atoms with Crippen molar-refractivity contribution >= 4 is 5.91 Å². The number of hydrogen-bond acceptors (Lipinski definition) is 4. The second-order valence-electron chi connectivity index (χ2n) is 4.84. The van der Waals surface area contributed by atoms with E-state index >= 15 is 0 Å². The van der Waals surface area contributed by atoms with E-state index < -0.39 is 5.79 Å². The van der Waals surface area contributed by atoms with Crippen molar-refractivity contribution in [3.63, 3.8) is 0 Å². The van der Waals surface area contributed by atoms with Crippen LogP contribution in [0.2, 0.25) is 0 Å². The number of amides is 1. The van der Waals surface area contributed by atoms with Gasteiger partial charge >= 0.3 is 0 Å². The zero-order valence-electron chi connectivity index (χ0n) is 9.91. The summed E-state index contributed by atoms with van der Waals surface area (Å²) in [5.74, 6) is -0.438. The van der Waals surface area contributed by atoms with E-state index in [1.807, 2.05) is 13.8 Å². The van der Waals surface area contributed by atoms with Gasteiger partial charge in [0.05, 0.1) is 12.6 Å². The van der Waals surface area contributed by atoms with Crippen LogP contribution in [0.4, 0.5) is 0 Å². The van der Waals surface area contributed by atoms with Crippen molar-refractivity contribution in [3.05, 3.63) is 0 Å². The molecule has 0 saturated carbocycles. The van der Waals surface area contributed by atoms with Crippen LogP contribution in [0.15, 0.2) is 0 Å². The third-order valence-electron chi connectivity index (χ3n) is 2.95. The lowest BCUT2D eigenvalue weighted by molar-refractivity contribution is -0.139. The normalized spacial score (nSPS) is 32.9. The van der Waals surface area contributed by atoms with E-state index in [2.05, 4.69) is 10.6 Å². The lowest BCUT2D eigenvalue weighted by Crippen LogP contribution is -2.43. The number of nitrogens with one attached hydrogen (secondary N) is 2. The molecule has 16 heavy (non-hydrogen) atoms. The first kappa shape index (κ1) is 11.8. The average Bonchev–Trinajstić information content (AvgIpc) is 2.83. The molecule has 2 fully saturated rings. The number of hydrogen-bond donors (Lipinski definition) is 2. The fraction of sp³-hybridized carbons (Fsp3) is 0.909. The maximum atomic E-state index is 11.7. The van der Waals surface area contributed by atoms with Gasteiger partial charge in [-0.1, -0.05) is 0 Å². The third-order valence-corrected chi connectivity index (χ3v) is 2.95. The molecular formula is C11H20N2O3. The minimum absolute atomic E-state index is 0.0182. The summed E-state index contributed by atoms with van der Waals surface area (Å²) in [6, 6.07) is -0.0182. The van der Waals surface area contributed by atoms with Gasteiger partial charge in [-0.2, -0.15) is 0 Å². The molecule has 0 aromatic carbocycles. The Balaban J connectivity index is 1.69. The molecule has 2 aliphatic rings. The highest BCUT2D eigenvalue weighted by atomic mass is 16.7. The fourth-order valence-electron chi connectivity index (χ4n) is 2.11. The summed E-state index contributed by atoms with van der Waals surface area (Å²) in [7, 11) is 0. The van der Waals surface area contributed by atoms with Gasteiger partial charge in [0.15, 0.2) is 5.79 Å². The Kier molecular flexibility index (Phi) is 3.47. The minimum atomic E-state index is -0.513. The molecule has 0 aromatic rings. The van der Waals surface area contributed by atoms with Crippen LogP contribution >= 0.6 is 0 Å². The molecule has 5 nitrogen and oxygen atoms in total. The first-order valence-corrected chi connectivity index (χ1v) is 5.90. The number of rotatable bonds is 3. The molecule has 92 valence electrons. The maximum Gasteiger partial charge on any atom is 0.237 e. The molecule has 0 aliphatic carbocycles.